The number of furan rings is 1. The third kappa shape index (κ3) is 3.14. The van der Waals surface area contributed by atoms with Crippen molar-refractivity contribution in [1.29, 1.82) is 0 Å². The van der Waals surface area contributed by atoms with E-state index in [4.69, 9.17) is 8.94 Å². The van der Waals surface area contributed by atoms with Crippen LogP contribution in [0.25, 0.3) is 22.4 Å². The Labute approximate surface area is 163 Å². The molecule has 0 atom stereocenters. The van der Waals surface area contributed by atoms with Gasteiger partial charge in [0, 0.05) is 37.4 Å². The van der Waals surface area contributed by atoms with Crippen LogP contribution in [0.5, 0.6) is 0 Å². The molecule has 0 spiro atoms. The van der Waals surface area contributed by atoms with Gasteiger partial charge in [0.15, 0.2) is 5.76 Å². The van der Waals surface area contributed by atoms with Crippen molar-refractivity contribution < 1.29 is 17.4 Å². The SMILES string of the molecule is Cc1noc(-c2ccc(S(=O)(=O)N(C)CCn3ccc4ccccc43)o2)c1C. The molecular formula is C20H21N3O4S. The summed E-state index contributed by atoms with van der Waals surface area (Å²) < 4.78 is 39.9. The number of nitrogens with zero attached hydrogens (tertiary/aromatic N) is 3. The number of hydrogen-bond donors (Lipinski definition) is 0. The molecule has 7 nitrogen and oxygen atoms in total. The van der Waals surface area contributed by atoms with E-state index in [-0.39, 0.29) is 5.09 Å². The standard InChI is InChI=1S/C20H21N3O4S/c1-14-15(2)21-27-20(14)18-8-9-19(26-18)28(24,25)22(3)12-13-23-11-10-16-6-4-5-7-17(16)23/h4-11H,12-13H2,1-3H3. The van der Waals surface area contributed by atoms with Gasteiger partial charge in [-0.1, -0.05) is 23.4 Å². The number of benzene rings is 1. The molecule has 28 heavy (non-hydrogen) atoms. The average molecular weight is 399 g/mol. The van der Waals surface area contributed by atoms with Crippen LogP contribution in [0.1, 0.15) is 11.3 Å². The van der Waals surface area contributed by atoms with Crippen molar-refractivity contribution in [3.05, 3.63) is 59.9 Å². The molecule has 146 valence electrons. The highest BCUT2D eigenvalue weighted by atomic mass is 32.2. The fourth-order valence-corrected chi connectivity index (χ4v) is 4.15. The molecule has 0 unspecified atom stereocenters. The van der Waals surface area contributed by atoms with E-state index in [2.05, 4.69) is 5.16 Å². The molecule has 0 N–H and O–H groups in total. The van der Waals surface area contributed by atoms with Gasteiger partial charge in [-0.15, -0.1) is 0 Å². The zero-order valence-corrected chi connectivity index (χ0v) is 16.7. The molecule has 4 aromatic rings. The minimum Gasteiger partial charge on any atom is -0.440 e. The van der Waals surface area contributed by atoms with Gasteiger partial charge in [0.2, 0.25) is 10.9 Å². The second-order valence-electron chi connectivity index (χ2n) is 6.74. The number of para-hydroxylation sites is 1. The van der Waals surface area contributed by atoms with E-state index in [0.29, 0.717) is 24.6 Å². The van der Waals surface area contributed by atoms with Crippen LogP contribution >= 0.6 is 0 Å². The Morgan fingerprint density at radius 2 is 1.89 bits per heavy atom. The topological polar surface area (TPSA) is 81.5 Å². The Bertz CT molecular complexity index is 1230. The lowest BCUT2D eigenvalue weighted by Crippen LogP contribution is -2.29. The normalized spacial score (nSPS) is 12.3. The van der Waals surface area contributed by atoms with Gasteiger partial charge in [-0.05, 0) is 43.5 Å². The summed E-state index contributed by atoms with van der Waals surface area (Å²) in [5, 5.41) is 4.90. The van der Waals surface area contributed by atoms with Crippen molar-refractivity contribution in [2.75, 3.05) is 13.6 Å². The van der Waals surface area contributed by atoms with Crippen molar-refractivity contribution in [1.82, 2.24) is 14.0 Å². The lowest BCUT2D eigenvalue weighted by molar-refractivity contribution is 0.384. The predicted molar refractivity (Wildman–Crippen MR) is 105 cm³/mol. The Hall–Kier alpha value is -2.84. The van der Waals surface area contributed by atoms with Crippen LogP contribution in [0, 0.1) is 13.8 Å². The van der Waals surface area contributed by atoms with Crippen LogP contribution in [0.3, 0.4) is 0 Å². The molecule has 3 aromatic heterocycles. The molecule has 0 aliphatic rings. The smallest absolute Gasteiger partial charge is 0.276 e. The highest BCUT2D eigenvalue weighted by molar-refractivity contribution is 7.89. The molecule has 0 aliphatic carbocycles. The van der Waals surface area contributed by atoms with Gasteiger partial charge in [0.05, 0.1) is 5.69 Å². The number of aryl methyl sites for hydroxylation is 1. The van der Waals surface area contributed by atoms with Crippen LogP contribution in [0.2, 0.25) is 0 Å². The number of sulfonamides is 1. The van der Waals surface area contributed by atoms with E-state index >= 15 is 0 Å². The lowest BCUT2D eigenvalue weighted by atomic mass is 10.2. The van der Waals surface area contributed by atoms with E-state index < -0.39 is 10.0 Å². The summed E-state index contributed by atoms with van der Waals surface area (Å²) in [5.41, 5.74) is 2.64. The summed E-state index contributed by atoms with van der Waals surface area (Å²) in [4.78, 5) is 0. The van der Waals surface area contributed by atoms with Gasteiger partial charge in [-0.3, -0.25) is 0 Å². The second kappa shape index (κ2) is 6.96. The molecule has 0 fully saturated rings. The molecule has 0 aliphatic heterocycles. The minimum absolute atomic E-state index is 0.115. The van der Waals surface area contributed by atoms with Gasteiger partial charge in [-0.25, -0.2) is 8.42 Å². The quantitative estimate of drug-likeness (QED) is 0.492. The third-order valence-electron chi connectivity index (χ3n) is 4.96. The van der Waals surface area contributed by atoms with Crippen LogP contribution in [-0.4, -0.2) is 36.0 Å². The van der Waals surface area contributed by atoms with E-state index in [1.165, 1.54) is 10.4 Å². The average Bonchev–Trinajstić information content (AvgIpc) is 3.40. The van der Waals surface area contributed by atoms with Gasteiger partial charge in [-0.2, -0.15) is 4.31 Å². The van der Waals surface area contributed by atoms with Crippen LogP contribution in [0.4, 0.5) is 0 Å². The largest absolute Gasteiger partial charge is 0.440 e. The first-order valence-electron chi connectivity index (χ1n) is 8.91. The number of fused-ring (bicyclic) bond motifs is 1. The molecule has 0 saturated heterocycles. The molecule has 3 heterocycles. The number of rotatable bonds is 6. The summed E-state index contributed by atoms with van der Waals surface area (Å²) >= 11 is 0. The molecule has 0 bridgehead atoms. The van der Waals surface area contributed by atoms with Crippen molar-refractivity contribution in [2.45, 2.75) is 25.5 Å². The first-order valence-corrected chi connectivity index (χ1v) is 10.4. The Kier molecular flexibility index (Phi) is 4.60. The molecule has 0 saturated carbocycles. The van der Waals surface area contributed by atoms with E-state index in [1.807, 2.05) is 54.9 Å². The maximum atomic E-state index is 12.9. The summed E-state index contributed by atoms with van der Waals surface area (Å²) in [7, 11) is -2.20. The molecule has 1 aromatic carbocycles. The summed E-state index contributed by atoms with van der Waals surface area (Å²) in [6, 6.07) is 13.1. The van der Waals surface area contributed by atoms with Gasteiger partial charge < -0.3 is 13.5 Å². The van der Waals surface area contributed by atoms with E-state index in [0.717, 1.165) is 22.2 Å². The number of likely N-dealkylation sites (N-methyl/N-ethyl adjacent to an activating group) is 1. The van der Waals surface area contributed by atoms with E-state index in [9.17, 15) is 8.42 Å². The van der Waals surface area contributed by atoms with Crippen molar-refractivity contribution in [2.24, 2.45) is 0 Å². The second-order valence-corrected chi connectivity index (χ2v) is 8.71. The van der Waals surface area contributed by atoms with Crippen LogP contribution in [0.15, 0.2) is 62.7 Å². The molecular weight excluding hydrogens is 378 g/mol. The maximum Gasteiger partial charge on any atom is 0.276 e. The summed E-state index contributed by atoms with van der Waals surface area (Å²) in [6.45, 7) is 4.53. The van der Waals surface area contributed by atoms with Gasteiger partial charge in [0.25, 0.3) is 10.0 Å². The minimum atomic E-state index is -3.75. The van der Waals surface area contributed by atoms with Crippen LogP contribution in [-0.2, 0) is 16.6 Å². The molecule has 8 heteroatoms. The summed E-state index contributed by atoms with van der Waals surface area (Å²) in [6.07, 6.45) is 1.96. The third-order valence-corrected chi connectivity index (χ3v) is 6.69. The fourth-order valence-electron chi connectivity index (χ4n) is 3.08. The fraction of sp³-hybridized carbons (Fsp3) is 0.250. The van der Waals surface area contributed by atoms with Crippen LogP contribution < -0.4 is 0 Å². The van der Waals surface area contributed by atoms with E-state index in [1.54, 1.807) is 13.1 Å². The Balaban J connectivity index is 1.52. The van der Waals surface area contributed by atoms with Gasteiger partial charge in [0.1, 0.15) is 0 Å². The molecule has 0 radical (unpaired) electrons. The Morgan fingerprint density at radius 3 is 2.64 bits per heavy atom. The first-order chi connectivity index (χ1) is 13.4. The summed E-state index contributed by atoms with van der Waals surface area (Å²) in [5.74, 6) is 0.793. The maximum absolute atomic E-state index is 12.9. The first kappa shape index (κ1) is 18.5. The highest BCUT2D eigenvalue weighted by Gasteiger charge is 2.26. The predicted octanol–water partition coefficient (Wildman–Crippen LogP) is 3.83. The molecule has 0 amide bonds. The highest BCUT2D eigenvalue weighted by Crippen LogP contribution is 2.29. The van der Waals surface area contributed by atoms with Crippen molar-refractivity contribution >= 4 is 20.9 Å². The lowest BCUT2D eigenvalue weighted by Gasteiger charge is -2.16. The van der Waals surface area contributed by atoms with Crippen molar-refractivity contribution in [3.63, 3.8) is 0 Å². The monoisotopic (exact) mass is 399 g/mol. The van der Waals surface area contributed by atoms with Crippen molar-refractivity contribution in [3.8, 4) is 11.5 Å². The zero-order chi connectivity index (χ0) is 19.9. The molecule has 4 rings (SSSR count). The Morgan fingerprint density at radius 1 is 1.11 bits per heavy atom. The van der Waals surface area contributed by atoms with Gasteiger partial charge >= 0.3 is 0 Å². The zero-order valence-electron chi connectivity index (χ0n) is 15.9. The number of hydrogen-bond acceptors (Lipinski definition) is 5. The number of aromatic nitrogens is 2.